The molecule has 192 valence electrons. The molecule has 0 bridgehead atoms. The second-order valence-electron chi connectivity index (χ2n) is 8.96. The van der Waals surface area contributed by atoms with Gasteiger partial charge in [-0.25, -0.2) is 0 Å². The van der Waals surface area contributed by atoms with Gasteiger partial charge in [0.1, 0.15) is 6.10 Å². The van der Waals surface area contributed by atoms with Crippen LogP contribution in [0.2, 0.25) is 0 Å². The number of aliphatic hydroxyl groups excluding tert-OH is 4. The van der Waals surface area contributed by atoms with E-state index in [0.717, 1.165) is 11.1 Å². The van der Waals surface area contributed by atoms with Gasteiger partial charge in [0.2, 0.25) is 5.91 Å². The lowest BCUT2D eigenvalue weighted by Gasteiger charge is -2.26. The molecule has 0 aliphatic carbocycles. The van der Waals surface area contributed by atoms with Gasteiger partial charge in [-0.2, -0.15) is 0 Å². The largest absolute Gasteiger partial charge is 0.390 e. The second kappa shape index (κ2) is 16.8. The molecular weight excluding hydrogens is 442 g/mol. The highest BCUT2D eigenvalue weighted by Crippen LogP contribution is 2.15. The molecule has 1 rings (SSSR count). The molecular formula is C29H41NO5. The number of aliphatic hydroxyl groups is 4. The molecule has 0 aromatic rings. The zero-order valence-corrected chi connectivity index (χ0v) is 21.2. The molecule has 1 heterocycles. The third kappa shape index (κ3) is 13.6. The van der Waals surface area contributed by atoms with E-state index in [2.05, 4.69) is 5.32 Å². The van der Waals surface area contributed by atoms with Crippen LogP contribution in [0, 0.1) is 5.92 Å². The summed E-state index contributed by atoms with van der Waals surface area (Å²) in [5.74, 6) is -0.623. The van der Waals surface area contributed by atoms with Gasteiger partial charge in [0.15, 0.2) is 0 Å². The predicted octanol–water partition coefficient (Wildman–Crippen LogP) is 3.59. The van der Waals surface area contributed by atoms with Crippen molar-refractivity contribution in [3.05, 3.63) is 96.2 Å². The van der Waals surface area contributed by atoms with Crippen LogP contribution in [0.4, 0.5) is 0 Å². The molecule has 1 amide bonds. The SMILES string of the molecule is CC1=C\C=C\C[C@H](C)NC(=O)/C=C/C=C/C=C/[C@H](C)[C@@H](O)[C@H](O)[C@H](O)C[C@@H](O)/C=C\C=C\C(C)=C\1. The Kier molecular flexibility index (Phi) is 14.5. The zero-order chi connectivity index (χ0) is 26.2. The van der Waals surface area contributed by atoms with E-state index in [0.29, 0.717) is 6.42 Å². The molecule has 6 atom stereocenters. The smallest absolute Gasteiger partial charge is 0.244 e. The molecule has 0 saturated carbocycles. The van der Waals surface area contributed by atoms with Crippen molar-refractivity contribution >= 4 is 5.91 Å². The summed E-state index contributed by atoms with van der Waals surface area (Å²) in [6, 6.07) is -0.00833. The summed E-state index contributed by atoms with van der Waals surface area (Å²) in [7, 11) is 0. The quantitative estimate of drug-likeness (QED) is 0.362. The average molecular weight is 484 g/mol. The number of hydrogen-bond acceptors (Lipinski definition) is 5. The molecule has 0 radical (unpaired) electrons. The Morgan fingerprint density at radius 3 is 2.20 bits per heavy atom. The van der Waals surface area contributed by atoms with Gasteiger partial charge in [-0.3, -0.25) is 4.79 Å². The molecule has 5 N–H and O–H groups in total. The van der Waals surface area contributed by atoms with E-state index >= 15 is 0 Å². The first-order chi connectivity index (χ1) is 16.6. The lowest BCUT2D eigenvalue weighted by molar-refractivity contribution is -0.117. The minimum Gasteiger partial charge on any atom is -0.390 e. The first kappa shape index (κ1) is 30.3. The molecule has 0 fully saturated rings. The van der Waals surface area contributed by atoms with E-state index in [1.807, 2.05) is 51.2 Å². The number of amides is 1. The van der Waals surface area contributed by atoms with Crippen molar-refractivity contribution in [1.82, 2.24) is 5.32 Å². The Bertz CT molecular complexity index is 891. The number of rotatable bonds is 0. The van der Waals surface area contributed by atoms with Crippen LogP contribution in [0.1, 0.15) is 40.5 Å². The molecule has 0 aromatic heterocycles. The number of allylic oxidation sites excluding steroid dienone is 12. The van der Waals surface area contributed by atoms with Crippen LogP contribution in [0.25, 0.3) is 0 Å². The summed E-state index contributed by atoms with van der Waals surface area (Å²) in [5.41, 5.74) is 2.09. The first-order valence-electron chi connectivity index (χ1n) is 12.0. The van der Waals surface area contributed by atoms with Crippen LogP contribution in [-0.2, 0) is 4.79 Å². The van der Waals surface area contributed by atoms with Crippen molar-refractivity contribution in [2.45, 2.75) is 71.0 Å². The highest BCUT2D eigenvalue weighted by atomic mass is 16.4. The number of carbonyl (C=O) groups is 1. The van der Waals surface area contributed by atoms with E-state index in [1.165, 1.54) is 12.2 Å². The lowest BCUT2D eigenvalue weighted by atomic mass is 9.93. The summed E-state index contributed by atoms with van der Waals surface area (Å²) in [4.78, 5) is 12.0. The third-order valence-electron chi connectivity index (χ3n) is 5.39. The topological polar surface area (TPSA) is 110 Å². The maximum atomic E-state index is 12.0. The normalized spacial score (nSPS) is 39.0. The van der Waals surface area contributed by atoms with Crippen molar-refractivity contribution in [2.24, 2.45) is 5.92 Å². The van der Waals surface area contributed by atoms with Crippen LogP contribution in [0.3, 0.4) is 0 Å². The first-order valence-corrected chi connectivity index (χ1v) is 12.0. The minimum atomic E-state index is -1.41. The summed E-state index contributed by atoms with van der Waals surface area (Å²) >= 11 is 0. The highest BCUT2D eigenvalue weighted by molar-refractivity contribution is 5.87. The van der Waals surface area contributed by atoms with Crippen LogP contribution in [-0.4, -0.2) is 56.8 Å². The van der Waals surface area contributed by atoms with E-state index in [-0.39, 0.29) is 18.4 Å². The molecule has 0 aromatic carbocycles. The average Bonchev–Trinajstić information content (AvgIpc) is 2.79. The predicted molar refractivity (Wildman–Crippen MR) is 142 cm³/mol. The molecule has 35 heavy (non-hydrogen) atoms. The Hall–Kier alpha value is -2.77. The maximum absolute atomic E-state index is 12.0. The Morgan fingerprint density at radius 1 is 0.800 bits per heavy atom. The van der Waals surface area contributed by atoms with Crippen LogP contribution in [0.5, 0.6) is 0 Å². The molecule has 0 spiro atoms. The van der Waals surface area contributed by atoms with Gasteiger partial charge in [-0.05, 0) is 27.2 Å². The van der Waals surface area contributed by atoms with Crippen LogP contribution in [0.15, 0.2) is 96.2 Å². The molecule has 1 aliphatic rings. The molecule has 6 heteroatoms. The number of hydrogen-bond donors (Lipinski definition) is 5. The Balaban J connectivity index is 3.00. The fraction of sp³-hybridized carbons (Fsp3) is 0.414. The summed E-state index contributed by atoms with van der Waals surface area (Å²) < 4.78 is 0. The Labute approximate surface area is 209 Å². The molecule has 6 nitrogen and oxygen atoms in total. The van der Waals surface area contributed by atoms with Gasteiger partial charge in [0.05, 0.1) is 18.3 Å². The van der Waals surface area contributed by atoms with Crippen LogP contribution < -0.4 is 5.32 Å². The summed E-state index contributed by atoms with van der Waals surface area (Å²) in [6.07, 6.45) is 20.5. The number of carbonyl (C=O) groups excluding carboxylic acids is 1. The minimum absolute atomic E-state index is 0.00833. The van der Waals surface area contributed by atoms with Crippen molar-refractivity contribution in [3.8, 4) is 0 Å². The van der Waals surface area contributed by atoms with Crippen molar-refractivity contribution in [1.29, 1.82) is 0 Å². The fourth-order valence-electron chi connectivity index (χ4n) is 3.34. The van der Waals surface area contributed by atoms with E-state index in [1.54, 1.807) is 49.5 Å². The van der Waals surface area contributed by atoms with E-state index in [4.69, 9.17) is 0 Å². The van der Waals surface area contributed by atoms with Crippen molar-refractivity contribution in [2.75, 3.05) is 0 Å². The zero-order valence-electron chi connectivity index (χ0n) is 21.2. The third-order valence-corrected chi connectivity index (χ3v) is 5.39. The summed E-state index contributed by atoms with van der Waals surface area (Å²) in [5, 5.41) is 43.9. The lowest BCUT2D eigenvalue weighted by Crippen LogP contribution is -2.41. The van der Waals surface area contributed by atoms with E-state index in [9.17, 15) is 25.2 Å². The number of nitrogens with one attached hydrogen (secondary N) is 1. The van der Waals surface area contributed by atoms with E-state index < -0.39 is 30.3 Å². The standard InChI is InChI=1S/C29H41NO5/c1-21-13-9-11-16-24(4)30-27(33)18-8-6-5-7-15-23(3)28(34)29(35)26(32)20-25(31)17-12-10-14-22(2)19-21/h5-15,17-19,23-26,28-29,31-32,34-35H,16,20H2,1-4H3,(H,30,33)/b6-5+,11-9+,14-10+,15-7+,17-12-,18-8+,21-13+,22-19+/t23-,24-,25-,26+,28+,29+/m0/s1. The molecule has 0 unspecified atom stereocenters. The fourth-order valence-corrected chi connectivity index (χ4v) is 3.34. The van der Waals surface area contributed by atoms with Gasteiger partial charge >= 0.3 is 0 Å². The molecule has 0 saturated heterocycles. The highest BCUT2D eigenvalue weighted by Gasteiger charge is 2.28. The van der Waals surface area contributed by atoms with Gasteiger partial charge in [0.25, 0.3) is 0 Å². The second-order valence-corrected chi connectivity index (χ2v) is 8.96. The van der Waals surface area contributed by atoms with Gasteiger partial charge < -0.3 is 25.7 Å². The summed E-state index contributed by atoms with van der Waals surface area (Å²) in [6.45, 7) is 7.62. The monoisotopic (exact) mass is 483 g/mol. The molecule has 1 aliphatic heterocycles. The maximum Gasteiger partial charge on any atom is 0.244 e. The van der Waals surface area contributed by atoms with Gasteiger partial charge in [0, 0.05) is 24.5 Å². The van der Waals surface area contributed by atoms with Crippen molar-refractivity contribution < 1.29 is 25.2 Å². The van der Waals surface area contributed by atoms with Gasteiger partial charge in [-0.15, -0.1) is 0 Å². The van der Waals surface area contributed by atoms with Crippen molar-refractivity contribution in [3.63, 3.8) is 0 Å². The van der Waals surface area contributed by atoms with Gasteiger partial charge in [-0.1, -0.05) is 97.1 Å². The Morgan fingerprint density at radius 2 is 1.46 bits per heavy atom. The van der Waals surface area contributed by atoms with Crippen LogP contribution >= 0.6 is 0 Å².